The van der Waals surface area contributed by atoms with Gasteiger partial charge >= 0.3 is 0 Å². The van der Waals surface area contributed by atoms with Crippen molar-refractivity contribution in [3.63, 3.8) is 0 Å². The SMILES string of the molecule is CCN(c1cc(Cl)ccc1C(N)=NO)C(C)COC. The highest BCUT2D eigenvalue weighted by Crippen LogP contribution is 2.26. The Labute approximate surface area is 118 Å². The van der Waals surface area contributed by atoms with Crippen LogP contribution in [0, 0.1) is 0 Å². The molecule has 0 aliphatic heterocycles. The Morgan fingerprint density at radius 1 is 1.58 bits per heavy atom. The van der Waals surface area contributed by atoms with Crippen molar-refractivity contribution in [2.24, 2.45) is 10.9 Å². The van der Waals surface area contributed by atoms with Gasteiger partial charge in [0, 0.05) is 36.0 Å². The molecule has 0 radical (unpaired) electrons. The van der Waals surface area contributed by atoms with E-state index < -0.39 is 0 Å². The number of rotatable bonds is 6. The van der Waals surface area contributed by atoms with E-state index in [0.29, 0.717) is 17.2 Å². The van der Waals surface area contributed by atoms with Crippen molar-refractivity contribution in [1.82, 2.24) is 0 Å². The third kappa shape index (κ3) is 3.75. The summed E-state index contributed by atoms with van der Waals surface area (Å²) in [6.07, 6.45) is 0. The number of likely N-dealkylation sites (N-methyl/N-ethyl adjacent to an activating group) is 1. The van der Waals surface area contributed by atoms with Gasteiger partial charge in [-0.15, -0.1) is 0 Å². The molecular formula is C13H20ClN3O2. The third-order valence-electron chi connectivity index (χ3n) is 2.93. The molecule has 1 atom stereocenters. The van der Waals surface area contributed by atoms with E-state index in [2.05, 4.69) is 10.1 Å². The summed E-state index contributed by atoms with van der Waals surface area (Å²) in [6.45, 7) is 5.42. The lowest BCUT2D eigenvalue weighted by Crippen LogP contribution is -2.37. The average molecular weight is 286 g/mol. The summed E-state index contributed by atoms with van der Waals surface area (Å²) in [5.41, 5.74) is 7.19. The monoisotopic (exact) mass is 285 g/mol. The van der Waals surface area contributed by atoms with Crippen LogP contribution in [-0.4, -0.2) is 37.3 Å². The zero-order chi connectivity index (χ0) is 14.4. The van der Waals surface area contributed by atoms with Crippen molar-refractivity contribution in [3.8, 4) is 0 Å². The van der Waals surface area contributed by atoms with Crippen molar-refractivity contribution in [2.45, 2.75) is 19.9 Å². The van der Waals surface area contributed by atoms with Gasteiger partial charge in [0.25, 0.3) is 0 Å². The smallest absolute Gasteiger partial charge is 0.172 e. The Morgan fingerprint density at radius 2 is 2.26 bits per heavy atom. The van der Waals surface area contributed by atoms with Crippen molar-refractivity contribution in [1.29, 1.82) is 0 Å². The van der Waals surface area contributed by atoms with Crippen molar-refractivity contribution in [2.75, 3.05) is 25.2 Å². The van der Waals surface area contributed by atoms with Crippen LogP contribution < -0.4 is 10.6 Å². The molecular weight excluding hydrogens is 266 g/mol. The maximum absolute atomic E-state index is 8.87. The first-order chi connectivity index (χ1) is 9.04. The highest BCUT2D eigenvalue weighted by molar-refractivity contribution is 6.31. The second-order valence-corrected chi connectivity index (χ2v) is 4.67. The standard InChI is InChI=1S/C13H20ClN3O2/c1-4-17(9(2)8-19-3)12-7-10(14)5-6-11(12)13(15)16-18/h5-7,9,18H,4,8H2,1-3H3,(H2,15,16). The predicted octanol–water partition coefficient (Wildman–Crippen LogP) is 2.30. The highest BCUT2D eigenvalue weighted by Gasteiger charge is 2.18. The number of hydrogen-bond acceptors (Lipinski definition) is 4. The van der Waals surface area contributed by atoms with Crippen LogP contribution in [0.4, 0.5) is 5.69 Å². The van der Waals surface area contributed by atoms with Gasteiger partial charge in [-0.3, -0.25) is 0 Å². The minimum absolute atomic E-state index is 0.0646. The summed E-state index contributed by atoms with van der Waals surface area (Å²) in [5.74, 6) is 0.0646. The summed E-state index contributed by atoms with van der Waals surface area (Å²) in [5, 5.41) is 12.5. The summed E-state index contributed by atoms with van der Waals surface area (Å²) in [7, 11) is 1.66. The number of nitrogens with zero attached hydrogens (tertiary/aromatic N) is 2. The van der Waals surface area contributed by atoms with Crippen LogP contribution in [0.15, 0.2) is 23.4 Å². The quantitative estimate of drug-likeness (QED) is 0.364. The van der Waals surface area contributed by atoms with Crippen molar-refractivity contribution in [3.05, 3.63) is 28.8 Å². The molecule has 5 nitrogen and oxygen atoms in total. The number of hydrogen-bond donors (Lipinski definition) is 2. The molecule has 0 fully saturated rings. The number of anilines is 1. The van der Waals surface area contributed by atoms with Crippen LogP contribution in [0.1, 0.15) is 19.4 Å². The molecule has 0 heterocycles. The van der Waals surface area contributed by atoms with Crippen LogP contribution in [0.5, 0.6) is 0 Å². The lowest BCUT2D eigenvalue weighted by molar-refractivity contribution is 0.182. The van der Waals surface area contributed by atoms with Crippen LogP contribution in [-0.2, 0) is 4.74 Å². The number of halogens is 1. The van der Waals surface area contributed by atoms with Gasteiger partial charge in [0.1, 0.15) is 0 Å². The molecule has 1 aromatic rings. The largest absolute Gasteiger partial charge is 0.409 e. The molecule has 0 amide bonds. The topological polar surface area (TPSA) is 71.1 Å². The minimum atomic E-state index is 0.0646. The fourth-order valence-electron chi connectivity index (χ4n) is 2.06. The lowest BCUT2D eigenvalue weighted by Gasteiger charge is -2.31. The Hall–Kier alpha value is -1.46. The zero-order valence-electron chi connectivity index (χ0n) is 11.4. The number of amidine groups is 1. The molecule has 19 heavy (non-hydrogen) atoms. The first-order valence-corrected chi connectivity index (χ1v) is 6.45. The molecule has 0 saturated heterocycles. The summed E-state index contributed by atoms with van der Waals surface area (Å²) < 4.78 is 5.18. The Morgan fingerprint density at radius 3 is 2.79 bits per heavy atom. The van der Waals surface area contributed by atoms with Gasteiger partial charge in [-0.2, -0.15) is 0 Å². The van der Waals surface area contributed by atoms with Crippen LogP contribution >= 0.6 is 11.6 Å². The molecule has 1 aromatic carbocycles. The number of ether oxygens (including phenoxy) is 1. The molecule has 0 spiro atoms. The second kappa shape index (κ2) is 7.21. The van der Waals surface area contributed by atoms with E-state index in [1.54, 1.807) is 19.2 Å². The Balaban J connectivity index is 3.24. The minimum Gasteiger partial charge on any atom is -0.409 e. The van der Waals surface area contributed by atoms with Gasteiger partial charge in [0.15, 0.2) is 5.84 Å². The van der Waals surface area contributed by atoms with Crippen LogP contribution in [0.25, 0.3) is 0 Å². The molecule has 106 valence electrons. The molecule has 0 aliphatic rings. The van der Waals surface area contributed by atoms with Crippen molar-refractivity contribution >= 4 is 23.1 Å². The first-order valence-electron chi connectivity index (χ1n) is 6.08. The second-order valence-electron chi connectivity index (χ2n) is 4.24. The van der Waals surface area contributed by atoms with E-state index in [9.17, 15) is 0 Å². The Bertz CT molecular complexity index is 452. The van der Waals surface area contributed by atoms with E-state index in [1.807, 2.05) is 19.9 Å². The van der Waals surface area contributed by atoms with Crippen LogP contribution in [0.3, 0.4) is 0 Å². The number of nitrogens with two attached hydrogens (primary N) is 1. The fourth-order valence-corrected chi connectivity index (χ4v) is 2.23. The fraction of sp³-hybridized carbons (Fsp3) is 0.462. The molecule has 1 unspecified atom stereocenters. The first kappa shape index (κ1) is 15.6. The third-order valence-corrected chi connectivity index (χ3v) is 3.17. The Kier molecular flexibility index (Phi) is 5.92. The van der Waals surface area contributed by atoms with E-state index in [4.69, 9.17) is 27.3 Å². The normalized spacial score (nSPS) is 13.4. The van der Waals surface area contributed by atoms with E-state index in [-0.39, 0.29) is 11.9 Å². The molecule has 0 bridgehead atoms. The average Bonchev–Trinajstić information content (AvgIpc) is 2.39. The summed E-state index contributed by atoms with van der Waals surface area (Å²) >= 11 is 6.05. The van der Waals surface area contributed by atoms with E-state index in [0.717, 1.165) is 12.2 Å². The van der Waals surface area contributed by atoms with Crippen LogP contribution in [0.2, 0.25) is 5.02 Å². The van der Waals surface area contributed by atoms with E-state index >= 15 is 0 Å². The predicted molar refractivity (Wildman–Crippen MR) is 78.3 cm³/mol. The maximum atomic E-state index is 8.87. The van der Waals surface area contributed by atoms with Crippen molar-refractivity contribution < 1.29 is 9.94 Å². The zero-order valence-corrected chi connectivity index (χ0v) is 12.2. The summed E-state index contributed by atoms with van der Waals surface area (Å²) in [6, 6.07) is 5.42. The molecule has 6 heteroatoms. The maximum Gasteiger partial charge on any atom is 0.172 e. The number of methoxy groups -OCH3 is 1. The van der Waals surface area contributed by atoms with Gasteiger partial charge in [-0.05, 0) is 32.0 Å². The van der Waals surface area contributed by atoms with Gasteiger partial charge in [-0.1, -0.05) is 16.8 Å². The highest BCUT2D eigenvalue weighted by atomic mass is 35.5. The molecule has 0 aromatic heterocycles. The van der Waals surface area contributed by atoms with Gasteiger partial charge in [0.2, 0.25) is 0 Å². The van der Waals surface area contributed by atoms with Gasteiger partial charge in [0.05, 0.1) is 6.61 Å². The molecule has 3 N–H and O–H groups in total. The van der Waals surface area contributed by atoms with Gasteiger partial charge in [-0.25, -0.2) is 0 Å². The lowest BCUT2D eigenvalue weighted by atomic mass is 10.1. The molecule has 1 rings (SSSR count). The number of benzene rings is 1. The van der Waals surface area contributed by atoms with E-state index in [1.165, 1.54) is 0 Å². The number of oxime groups is 1. The molecule has 0 saturated carbocycles. The van der Waals surface area contributed by atoms with Gasteiger partial charge < -0.3 is 20.6 Å². The molecule has 0 aliphatic carbocycles. The summed E-state index contributed by atoms with van der Waals surface area (Å²) in [4.78, 5) is 2.10.